The molecule has 0 amide bonds. The molecule has 1 unspecified atom stereocenters. The summed E-state index contributed by atoms with van der Waals surface area (Å²) < 4.78 is 5.23. The van der Waals surface area contributed by atoms with Gasteiger partial charge in [-0.15, -0.1) is 0 Å². The first-order valence-electron chi connectivity index (χ1n) is 4.52. The van der Waals surface area contributed by atoms with Crippen molar-refractivity contribution in [3.63, 3.8) is 0 Å². The minimum Gasteiger partial charge on any atom is -0.496 e. The summed E-state index contributed by atoms with van der Waals surface area (Å²) in [6.07, 6.45) is 0.897. The summed E-state index contributed by atoms with van der Waals surface area (Å²) in [5.41, 5.74) is 3.77. The number of halogens is 1. The third-order valence-electron chi connectivity index (χ3n) is 2.18. The van der Waals surface area contributed by atoms with Crippen molar-refractivity contribution in [2.24, 2.45) is 5.84 Å². The van der Waals surface area contributed by atoms with Gasteiger partial charge in [0, 0.05) is 16.6 Å². The lowest BCUT2D eigenvalue weighted by atomic mass is 10.0. The summed E-state index contributed by atoms with van der Waals surface area (Å²) >= 11 is 5.85. The van der Waals surface area contributed by atoms with Gasteiger partial charge in [0.2, 0.25) is 0 Å². The fourth-order valence-electron chi connectivity index (χ4n) is 1.40. The van der Waals surface area contributed by atoms with Gasteiger partial charge in [0.05, 0.1) is 7.11 Å². The highest BCUT2D eigenvalue weighted by Gasteiger charge is 2.12. The number of nitrogens with two attached hydrogens (primary N) is 1. The SMILES string of the molecule is CCC(NN)c1ccc(Cl)cc1OC. The number of nitrogens with one attached hydrogen (secondary N) is 1. The topological polar surface area (TPSA) is 47.3 Å². The zero-order chi connectivity index (χ0) is 10.6. The molecule has 0 bridgehead atoms. The second-order valence-corrected chi connectivity index (χ2v) is 3.45. The summed E-state index contributed by atoms with van der Waals surface area (Å²) in [5, 5.41) is 0.664. The van der Waals surface area contributed by atoms with Crippen LogP contribution in [0.2, 0.25) is 5.02 Å². The monoisotopic (exact) mass is 214 g/mol. The van der Waals surface area contributed by atoms with Crippen LogP contribution in [0.15, 0.2) is 18.2 Å². The summed E-state index contributed by atoms with van der Waals surface area (Å²) in [6, 6.07) is 5.65. The number of methoxy groups -OCH3 is 1. The lowest BCUT2D eigenvalue weighted by molar-refractivity contribution is 0.398. The van der Waals surface area contributed by atoms with Crippen LogP contribution in [0.4, 0.5) is 0 Å². The zero-order valence-electron chi connectivity index (χ0n) is 8.38. The number of hydrazine groups is 1. The van der Waals surface area contributed by atoms with Gasteiger partial charge in [-0.25, -0.2) is 0 Å². The number of rotatable bonds is 4. The van der Waals surface area contributed by atoms with Crippen LogP contribution in [-0.2, 0) is 0 Å². The van der Waals surface area contributed by atoms with Gasteiger partial charge in [-0.3, -0.25) is 11.3 Å². The second-order valence-electron chi connectivity index (χ2n) is 3.01. The molecule has 1 aromatic rings. The smallest absolute Gasteiger partial charge is 0.125 e. The van der Waals surface area contributed by atoms with Crippen LogP contribution < -0.4 is 16.0 Å². The third kappa shape index (κ3) is 2.38. The molecule has 3 N–H and O–H groups in total. The van der Waals surface area contributed by atoms with Gasteiger partial charge in [0.1, 0.15) is 5.75 Å². The summed E-state index contributed by atoms with van der Waals surface area (Å²) in [6.45, 7) is 2.05. The highest BCUT2D eigenvalue weighted by atomic mass is 35.5. The van der Waals surface area contributed by atoms with Gasteiger partial charge in [-0.1, -0.05) is 24.6 Å². The van der Waals surface area contributed by atoms with Crippen LogP contribution >= 0.6 is 11.6 Å². The molecule has 14 heavy (non-hydrogen) atoms. The minimum atomic E-state index is 0.0993. The average molecular weight is 215 g/mol. The van der Waals surface area contributed by atoms with Crippen molar-refractivity contribution in [1.29, 1.82) is 0 Å². The van der Waals surface area contributed by atoms with Gasteiger partial charge in [-0.05, 0) is 18.6 Å². The molecule has 4 heteroatoms. The van der Waals surface area contributed by atoms with E-state index in [-0.39, 0.29) is 6.04 Å². The van der Waals surface area contributed by atoms with E-state index >= 15 is 0 Å². The Balaban J connectivity index is 3.06. The maximum atomic E-state index is 5.85. The molecular formula is C10H15ClN2O. The molecule has 0 radical (unpaired) electrons. The molecule has 0 aliphatic rings. The van der Waals surface area contributed by atoms with E-state index in [1.807, 2.05) is 12.1 Å². The Morgan fingerprint density at radius 3 is 2.79 bits per heavy atom. The number of benzene rings is 1. The molecule has 0 saturated carbocycles. The Labute approximate surface area is 89.2 Å². The van der Waals surface area contributed by atoms with Crippen molar-refractivity contribution in [1.82, 2.24) is 5.43 Å². The molecule has 0 aromatic heterocycles. The molecule has 0 heterocycles. The first kappa shape index (κ1) is 11.3. The molecule has 0 saturated heterocycles. The zero-order valence-corrected chi connectivity index (χ0v) is 9.14. The molecule has 3 nitrogen and oxygen atoms in total. The highest BCUT2D eigenvalue weighted by molar-refractivity contribution is 6.30. The van der Waals surface area contributed by atoms with Crippen molar-refractivity contribution in [3.05, 3.63) is 28.8 Å². The Morgan fingerprint density at radius 2 is 2.29 bits per heavy atom. The van der Waals surface area contributed by atoms with Gasteiger partial charge < -0.3 is 4.74 Å². The summed E-state index contributed by atoms with van der Waals surface area (Å²) in [7, 11) is 1.62. The van der Waals surface area contributed by atoms with Gasteiger partial charge in [-0.2, -0.15) is 0 Å². The van der Waals surface area contributed by atoms with Crippen molar-refractivity contribution in [3.8, 4) is 5.75 Å². The lowest BCUT2D eigenvalue weighted by Gasteiger charge is -2.17. The second kappa shape index (κ2) is 5.20. The molecule has 0 fully saturated rings. The number of hydrogen-bond acceptors (Lipinski definition) is 3. The Bertz CT molecular complexity index is 300. The summed E-state index contributed by atoms with van der Waals surface area (Å²) in [5.74, 6) is 6.20. The van der Waals surface area contributed by atoms with E-state index in [0.29, 0.717) is 5.02 Å². The predicted molar refractivity (Wildman–Crippen MR) is 58.4 cm³/mol. The van der Waals surface area contributed by atoms with Crippen LogP contribution in [0.3, 0.4) is 0 Å². The van der Waals surface area contributed by atoms with Crippen LogP contribution in [0.25, 0.3) is 0 Å². The van der Waals surface area contributed by atoms with E-state index in [0.717, 1.165) is 17.7 Å². The normalized spacial score (nSPS) is 12.6. The maximum Gasteiger partial charge on any atom is 0.125 e. The van der Waals surface area contributed by atoms with E-state index in [4.69, 9.17) is 22.2 Å². The maximum absolute atomic E-state index is 5.85. The predicted octanol–water partition coefficient (Wildman–Crippen LogP) is 2.26. The Hall–Kier alpha value is -0.770. The van der Waals surface area contributed by atoms with Gasteiger partial charge >= 0.3 is 0 Å². The minimum absolute atomic E-state index is 0.0993. The van der Waals surface area contributed by atoms with Crippen LogP contribution in [0.1, 0.15) is 24.9 Å². The Morgan fingerprint density at radius 1 is 1.57 bits per heavy atom. The highest BCUT2D eigenvalue weighted by Crippen LogP contribution is 2.29. The number of ether oxygens (including phenoxy) is 1. The molecule has 0 aliphatic heterocycles. The van der Waals surface area contributed by atoms with Crippen LogP contribution in [-0.4, -0.2) is 7.11 Å². The largest absolute Gasteiger partial charge is 0.496 e. The fourth-order valence-corrected chi connectivity index (χ4v) is 1.56. The average Bonchev–Trinajstić information content (AvgIpc) is 2.21. The van der Waals surface area contributed by atoms with Crippen LogP contribution in [0.5, 0.6) is 5.75 Å². The molecule has 1 rings (SSSR count). The van der Waals surface area contributed by atoms with Crippen LogP contribution in [0, 0.1) is 0 Å². The quantitative estimate of drug-likeness (QED) is 0.597. The van der Waals surface area contributed by atoms with E-state index < -0.39 is 0 Å². The molecule has 78 valence electrons. The standard InChI is InChI=1S/C10H15ClN2O/c1-3-9(13-12)8-5-4-7(11)6-10(8)14-2/h4-6,9,13H,3,12H2,1-2H3. The first-order chi connectivity index (χ1) is 6.72. The van der Waals surface area contributed by atoms with Crippen molar-refractivity contribution < 1.29 is 4.74 Å². The first-order valence-corrected chi connectivity index (χ1v) is 4.90. The lowest BCUT2D eigenvalue weighted by Crippen LogP contribution is -2.27. The van der Waals surface area contributed by atoms with Crippen molar-refractivity contribution in [2.75, 3.05) is 7.11 Å². The van der Waals surface area contributed by atoms with E-state index in [2.05, 4.69) is 12.3 Å². The molecule has 0 spiro atoms. The molecular weight excluding hydrogens is 200 g/mol. The van der Waals surface area contributed by atoms with Crippen molar-refractivity contribution in [2.45, 2.75) is 19.4 Å². The molecule has 1 aromatic carbocycles. The Kier molecular flexibility index (Phi) is 4.20. The van der Waals surface area contributed by atoms with Gasteiger partial charge in [0.15, 0.2) is 0 Å². The fraction of sp³-hybridized carbons (Fsp3) is 0.400. The van der Waals surface area contributed by atoms with Gasteiger partial charge in [0.25, 0.3) is 0 Å². The summed E-state index contributed by atoms with van der Waals surface area (Å²) in [4.78, 5) is 0. The van der Waals surface area contributed by atoms with E-state index in [1.165, 1.54) is 0 Å². The number of hydrogen-bond donors (Lipinski definition) is 2. The van der Waals surface area contributed by atoms with E-state index in [1.54, 1.807) is 13.2 Å². The third-order valence-corrected chi connectivity index (χ3v) is 2.42. The van der Waals surface area contributed by atoms with Crippen molar-refractivity contribution >= 4 is 11.6 Å². The molecule has 1 atom stereocenters. The molecule has 0 aliphatic carbocycles. The van der Waals surface area contributed by atoms with E-state index in [9.17, 15) is 0 Å².